The van der Waals surface area contributed by atoms with E-state index in [4.69, 9.17) is 0 Å². The minimum absolute atomic E-state index is 0.876. The van der Waals surface area contributed by atoms with Crippen molar-refractivity contribution in [3.05, 3.63) is 263 Å². The Morgan fingerprint density at radius 1 is 0.438 bits per heavy atom. The average Bonchev–Trinajstić information content (AvgIpc) is 3.36. The van der Waals surface area contributed by atoms with Crippen molar-refractivity contribution in [3.8, 4) is 0 Å². The van der Waals surface area contributed by atoms with Gasteiger partial charge in [0.2, 0.25) is 0 Å². The van der Waals surface area contributed by atoms with Crippen molar-refractivity contribution >= 4 is 56.8 Å². The maximum Gasteiger partial charge on any atom is 0.0540 e. The van der Waals surface area contributed by atoms with Gasteiger partial charge in [-0.05, 0) is 155 Å². The number of nitrogens with zero attached hydrogens (tertiary/aromatic N) is 4. The fourth-order valence-corrected chi connectivity index (χ4v) is 8.67. The van der Waals surface area contributed by atoms with Crippen molar-refractivity contribution in [3.63, 3.8) is 0 Å². The lowest BCUT2D eigenvalue weighted by Gasteiger charge is -2.30. The predicted octanol–water partition coefficient (Wildman–Crippen LogP) is 15.0. The van der Waals surface area contributed by atoms with E-state index in [1.807, 2.05) is 24.8 Å². The number of anilines is 4. The number of pyridine rings is 2. The number of hydrogen-bond donors (Lipinski definition) is 0. The minimum atomic E-state index is 0.876. The predicted molar refractivity (Wildman–Crippen MR) is 271 cm³/mol. The van der Waals surface area contributed by atoms with E-state index in [0.717, 1.165) is 64.2 Å². The molecule has 0 aliphatic carbocycles. The van der Waals surface area contributed by atoms with Gasteiger partial charge < -0.3 is 9.80 Å². The lowest BCUT2D eigenvalue weighted by molar-refractivity contribution is 0.865. The maximum atomic E-state index is 4.31. The molecule has 2 heterocycles. The summed E-state index contributed by atoms with van der Waals surface area (Å²) in [5.41, 5.74) is 17.5. The second-order valence-corrected chi connectivity index (χ2v) is 16.1. The molecule has 9 rings (SSSR count). The van der Waals surface area contributed by atoms with Gasteiger partial charge in [0.05, 0.1) is 5.69 Å². The molecule has 4 heteroatoms. The van der Waals surface area contributed by atoms with Crippen LogP contribution < -0.4 is 9.80 Å². The first-order chi connectivity index (χ1) is 31.6. The molecule has 0 aliphatic heterocycles. The SMILES string of the molecule is CCN(CC)c1cc(N(c2ccc(C)cc2)c2ccc(C=C(c3ccncc3)c3ccncc3)c3ccccc23)ccc1/C=C(\c1ccccc1)c1ccc(Cc2ccccc2)cc1. The second-order valence-electron chi connectivity index (χ2n) is 16.1. The van der Waals surface area contributed by atoms with Gasteiger partial charge >= 0.3 is 0 Å². The number of fused-ring (bicyclic) bond motifs is 1. The van der Waals surface area contributed by atoms with Crippen LogP contribution in [-0.2, 0) is 6.42 Å². The highest BCUT2D eigenvalue weighted by Gasteiger charge is 2.20. The van der Waals surface area contributed by atoms with Gasteiger partial charge in [0.25, 0.3) is 0 Å². The number of aromatic nitrogens is 2. The summed E-state index contributed by atoms with van der Waals surface area (Å²) in [6.07, 6.45) is 13.0. The highest BCUT2D eigenvalue weighted by atomic mass is 15.2. The van der Waals surface area contributed by atoms with Crippen LogP contribution in [-0.4, -0.2) is 23.1 Å². The van der Waals surface area contributed by atoms with Crippen LogP contribution in [0.5, 0.6) is 0 Å². The molecule has 0 saturated heterocycles. The van der Waals surface area contributed by atoms with Crippen LogP contribution in [0.1, 0.15) is 63.9 Å². The monoisotopic (exact) mass is 828 g/mol. The molecule has 0 saturated carbocycles. The van der Waals surface area contributed by atoms with Gasteiger partial charge in [-0.25, -0.2) is 0 Å². The van der Waals surface area contributed by atoms with Crippen molar-refractivity contribution in [1.82, 2.24) is 9.97 Å². The molecule has 0 spiro atoms. The van der Waals surface area contributed by atoms with Gasteiger partial charge in [0.1, 0.15) is 0 Å². The van der Waals surface area contributed by atoms with E-state index in [0.29, 0.717) is 0 Å². The van der Waals surface area contributed by atoms with Crippen molar-refractivity contribution in [2.75, 3.05) is 22.9 Å². The highest BCUT2D eigenvalue weighted by Crippen LogP contribution is 2.43. The van der Waals surface area contributed by atoms with Crippen LogP contribution in [0, 0.1) is 6.92 Å². The summed E-state index contributed by atoms with van der Waals surface area (Å²) in [6, 6.07) is 68.1. The fourth-order valence-electron chi connectivity index (χ4n) is 8.67. The Morgan fingerprint density at radius 3 is 1.56 bits per heavy atom. The Morgan fingerprint density at radius 2 is 0.938 bits per heavy atom. The molecular weight excluding hydrogens is 777 g/mol. The zero-order chi connectivity index (χ0) is 43.7. The van der Waals surface area contributed by atoms with Gasteiger partial charge in [-0.3, -0.25) is 9.97 Å². The molecule has 7 aromatic carbocycles. The van der Waals surface area contributed by atoms with E-state index < -0.39 is 0 Å². The number of aryl methyl sites for hydroxylation is 1. The Balaban J connectivity index is 1.19. The Hall–Kier alpha value is -7.82. The van der Waals surface area contributed by atoms with Crippen molar-refractivity contribution in [1.29, 1.82) is 0 Å². The van der Waals surface area contributed by atoms with Crippen LogP contribution in [0.15, 0.2) is 213 Å². The van der Waals surface area contributed by atoms with Crippen molar-refractivity contribution < 1.29 is 0 Å². The molecule has 2 aromatic heterocycles. The van der Waals surface area contributed by atoms with E-state index in [1.165, 1.54) is 50.0 Å². The molecule has 64 heavy (non-hydrogen) atoms. The summed E-state index contributed by atoms with van der Waals surface area (Å²) < 4.78 is 0. The van der Waals surface area contributed by atoms with E-state index in [2.05, 4.69) is 241 Å². The molecule has 0 fully saturated rings. The zero-order valence-electron chi connectivity index (χ0n) is 36.8. The summed E-state index contributed by atoms with van der Waals surface area (Å²) in [4.78, 5) is 13.5. The topological polar surface area (TPSA) is 32.3 Å². The van der Waals surface area contributed by atoms with Crippen LogP contribution in [0.4, 0.5) is 22.7 Å². The summed E-state index contributed by atoms with van der Waals surface area (Å²) in [5.74, 6) is 0. The molecule has 0 N–H and O–H groups in total. The minimum Gasteiger partial charge on any atom is -0.372 e. The first-order valence-electron chi connectivity index (χ1n) is 22.3. The first kappa shape index (κ1) is 41.5. The number of hydrogen-bond acceptors (Lipinski definition) is 4. The van der Waals surface area contributed by atoms with Crippen molar-refractivity contribution in [2.45, 2.75) is 27.2 Å². The third-order valence-electron chi connectivity index (χ3n) is 12.0. The van der Waals surface area contributed by atoms with Gasteiger partial charge in [-0.1, -0.05) is 139 Å². The van der Waals surface area contributed by atoms with Gasteiger partial charge in [0.15, 0.2) is 0 Å². The summed E-state index contributed by atoms with van der Waals surface area (Å²) in [6.45, 7) is 8.39. The van der Waals surface area contributed by atoms with E-state index >= 15 is 0 Å². The number of benzene rings is 7. The molecule has 0 unspecified atom stereocenters. The molecule has 0 atom stereocenters. The molecule has 0 amide bonds. The molecule has 0 aliphatic rings. The Labute approximate surface area is 378 Å². The van der Waals surface area contributed by atoms with E-state index in [-0.39, 0.29) is 0 Å². The third kappa shape index (κ3) is 9.18. The van der Waals surface area contributed by atoms with Crippen LogP contribution in [0.3, 0.4) is 0 Å². The zero-order valence-corrected chi connectivity index (χ0v) is 36.8. The molecule has 0 bridgehead atoms. The van der Waals surface area contributed by atoms with Gasteiger partial charge in [-0.2, -0.15) is 0 Å². The molecule has 4 nitrogen and oxygen atoms in total. The summed E-state index contributed by atoms with van der Waals surface area (Å²) in [5, 5.41) is 2.33. The Bertz CT molecular complexity index is 2970. The van der Waals surface area contributed by atoms with Crippen molar-refractivity contribution in [2.24, 2.45) is 0 Å². The molecule has 312 valence electrons. The fraction of sp³-hybridized carbons (Fsp3) is 0.100. The van der Waals surface area contributed by atoms with Gasteiger partial charge in [-0.15, -0.1) is 0 Å². The normalized spacial score (nSPS) is 11.3. The lowest BCUT2D eigenvalue weighted by Crippen LogP contribution is -2.23. The van der Waals surface area contributed by atoms with Crippen LogP contribution in [0.2, 0.25) is 0 Å². The van der Waals surface area contributed by atoms with Crippen LogP contribution >= 0.6 is 0 Å². The summed E-state index contributed by atoms with van der Waals surface area (Å²) >= 11 is 0. The van der Waals surface area contributed by atoms with E-state index in [9.17, 15) is 0 Å². The second kappa shape index (κ2) is 19.5. The maximum absolute atomic E-state index is 4.31. The van der Waals surface area contributed by atoms with Crippen LogP contribution in [0.25, 0.3) is 34.1 Å². The molecule has 0 radical (unpaired) electrons. The lowest BCUT2D eigenvalue weighted by atomic mass is 9.93. The largest absolute Gasteiger partial charge is 0.372 e. The molecule has 9 aromatic rings. The average molecular weight is 829 g/mol. The quantitative estimate of drug-likeness (QED) is 0.102. The van der Waals surface area contributed by atoms with Gasteiger partial charge in [0, 0.05) is 60.3 Å². The standard InChI is InChI=1S/C60H52N4/c1-4-63(5-2)60-43-54(30-26-52(60)42-58(47-16-10-7-11-17-47)48-24-22-46(23-25-48)40-45-14-8-6-9-15-45)64(53-28-20-44(3)21-29-53)59-31-27-51(55-18-12-13-19-56(55)59)41-57(49-32-36-61-37-33-49)50-34-38-62-39-35-50/h6-39,41-43H,4-5,40H2,1-3H3/b58-42+. The summed E-state index contributed by atoms with van der Waals surface area (Å²) in [7, 11) is 0. The highest BCUT2D eigenvalue weighted by molar-refractivity contribution is 6.06. The smallest absolute Gasteiger partial charge is 0.0540 e. The molecular formula is C60H52N4. The first-order valence-corrected chi connectivity index (χ1v) is 22.3. The number of rotatable bonds is 14. The Kier molecular flexibility index (Phi) is 12.6. The van der Waals surface area contributed by atoms with E-state index in [1.54, 1.807) is 0 Å². The third-order valence-corrected chi connectivity index (χ3v) is 12.0.